The van der Waals surface area contributed by atoms with E-state index in [1.807, 2.05) is 0 Å². The Morgan fingerprint density at radius 3 is 1.37 bits per heavy atom. The first-order chi connectivity index (χ1) is 16.6. The number of halogens is 1. The number of rotatable bonds is 28. The molecule has 0 bridgehead atoms. The van der Waals surface area contributed by atoms with Crippen LogP contribution in [0.4, 0.5) is 0 Å². The van der Waals surface area contributed by atoms with Crippen LogP contribution in [0, 0.1) is 0 Å². The number of hydrogen-bond acceptors (Lipinski definition) is 3. The summed E-state index contributed by atoms with van der Waals surface area (Å²) in [7, 11) is 4.26. The molecule has 0 rings (SSSR count). The third-order valence-corrected chi connectivity index (χ3v) is 7.08. The lowest BCUT2D eigenvalue weighted by atomic mass is 10.0. The standard InChI is InChI=1S/C31H65NO2.ClH/c1-6-8-10-12-14-16-17-18-19-21-23-26-31(30(3)33-29-25-27-32(4)5)34-28-24-22-20-15-13-11-9-7-2;/h30-31H,6-29H2,1-5H3;1H/t30?,31-;/m0./s1. The van der Waals surface area contributed by atoms with Gasteiger partial charge < -0.3 is 14.4 Å². The molecule has 4 heteroatoms. The van der Waals surface area contributed by atoms with Crippen LogP contribution >= 0.6 is 12.4 Å². The van der Waals surface area contributed by atoms with Crippen molar-refractivity contribution in [1.82, 2.24) is 4.90 Å². The van der Waals surface area contributed by atoms with Crippen molar-refractivity contribution in [2.24, 2.45) is 0 Å². The second-order valence-corrected chi connectivity index (χ2v) is 10.9. The van der Waals surface area contributed by atoms with E-state index < -0.39 is 0 Å². The van der Waals surface area contributed by atoms with Gasteiger partial charge in [0, 0.05) is 13.2 Å². The molecule has 0 aromatic carbocycles. The summed E-state index contributed by atoms with van der Waals surface area (Å²) in [6, 6.07) is 0. The first kappa shape index (κ1) is 37.3. The molecule has 0 aliphatic carbocycles. The Kier molecular flexibility index (Phi) is 32.4. The van der Waals surface area contributed by atoms with Crippen molar-refractivity contribution in [3.63, 3.8) is 0 Å². The molecule has 3 nitrogen and oxygen atoms in total. The van der Waals surface area contributed by atoms with E-state index in [-0.39, 0.29) is 24.6 Å². The van der Waals surface area contributed by atoms with Gasteiger partial charge in [0.2, 0.25) is 0 Å². The second-order valence-electron chi connectivity index (χ2n) is 10.9. The van der Waals surface area contributed by atoms with Crippen LogP contribution in [0.15, 0.2) is 0 Å². The number of unbranched alkanes of at least 4 members (excludes halogenated alkanes) is 17. The van der Waals surface area contributed by atoms with Gasteiger partial charge in [-0.2, -0.15) is 0 Å². The van der Waals surface area contributed by atoms with Gasteiger partial charge in [-0.05, 0) is 46.8 Å². The largest absolute Gasteiger partial charge is 0.376 e. The number of ether oxygens (including phenoxy) is 2. The normalized spacial score (nSPS) is 13.2. The van der Waals surface area contributed by atoms with Crippen molar-refractivity contribution < 1.29 is 9.47 Å². The van der Waals surface area contributed by atoms with E-state index in [1.54, 1.807) is 0 Å². The zero-order valence-corrected chi connectivity index (χ0v) is 25.6. The topological polar surface area (TPSA) is 21.7 Å². The lowest BCUT2D eigenvalue weighted by Crippen LogP contribution is -2.30. The van der Waals surface area contributed by atoms with Gasteiger partial charge in [0.05, 0.1) is 12.2 Å². The van der Waals surface area contributed by atoms with Gasteiger partial charge in [-0.3, -0.25) is 0 Å². The predicted molar refractivity (Wildman–Crippen MR) is 159 cm³/mol. The van der Waals surface area contributed by atoms with E-state index in [9.17, 15) is 0 Å². The van der Waals surface area contributed by atoms with Gasteiger partial charge >= 0.3 is 0 Å². The highest BCUT2D eigenvalue weighted by atomic mass is 35.5. The Balaban J connectivity index is 0. The van der Waals surface area contributed by atoms with E-state index in [4.69, 9.17) is 9.47 Å². The van der Waals surface area contributed by atoms with Crippen molar-refractivity contribution in [3.05, 3.63) is 0 Å². The Bertz CT molecular complexity index is 381. The van der Waals surface area contributed by atoms with E-state index in [2.05, 4.69) is 39.8 Å². The molecule has 0 saturated heterocycles. The van der Waals surface area contributed by atoms with Gasteiger partial charge in [-0.1, -0.05) is 129 Å². The number of nitrogens with zero attached hydrogens (tertiary/aromatic N) is 1. The number of hydrogen-bond donors (Lipinski definition) is 0. The van der Waals surface area contributed by atoms with Crippen molar-refractivity contribution in [3.8, 4) is 0 Å². The van der Waals surface area contributed by atoms with Gasteiger partial charge in [0.15, 0.2) is 0 Å². The van der Waals surface area contributed by atoms with Crippen molar-refractivity contribution >= 4 is 12.4 Å². The molecule has 0 saturated carbocycles. The molecule has 0 N–H and O–H groups in total. The van der Waals surface area contributed by atoms with E-state index in [0.717, 1.165) is 32.6 Å². The molecule has 0 heterocycles. The summed E-state index contributed by atoms with van der Waals surface area (Å²) >= 11 is 0. The first-order valence-electron chi connectivity index (χ1n) is 15.5. The molecule has 0 radical (unpaired) electrons. The van der Waals surface area contributed by atoms with Gasteiger partial charge in [0.25, 0.3) is 0 Å². The maximum Gasteiger partial charge on any atom is 0.0833 e. The molecule has 0 fully saturated rings. The Labute approximate surface area is 228 Å². The summed E-state index contributed by atoms with van der Waals surface area (Å²) in [6.45, 7) is 9.65. The smallest absolute Gasteiger partial charge is 0.0833 e. The van der Waals surface area contributed by atoms with Crippen LogP contribution in [0.1, 0.15) is 156 Å². The molecule has 214 valence electrons. The fourth-order valence-electron chi connectivity index (χ4n) is 4.69. The molecule has 35 heavy (non-hydrogen) atoms. The minimum absolute atomic E-state index is 0. The van der Waals surface area contributed by atoms with Crippen LogP contribution in [0.5, 0.6) is 0 Å². The fourth-order valence-corrected chi connectivity index (χ4v) is 4.69. The highest BCUT2D eigenvalue weighted by Crippen LogP contribution is 2.17. The summed E-state index contributed by atoms with van der Waals surface area (Å²) in [6.07, 6.45) is 28.9. The maximum absolute atomic E-state index is 6.38. The summed E-state index contributed by atoms with van der Waals surface area (Å²) in [5.74, 6) is 0. The quantitative estimate of drug-likeness (QED) is 0.0959. The fraction of sp³-hybridized carbons (Fsp3) is 1.00. The van der Waals surface area contributed by atoms with Crippen LogP contribution in [-0.2, 0) is 9.47 Å². The average molecular weight is 520 g/mol. The zero-order chi connectivity index (χ0) is 25.1. The average Bonchev–Trinajstić information content (AvgIpc) is 2.82. The van der Waals surface area contributed by atoms with Gasteiger partial charge in [0.1, 0.15) is 0 Å². The van der Waals surface area contributed by atoms with Crippen LogP contribution in [0.2, 0.25) is 0 Å². The molecule has 0 aromatic rings. The molecule has 0 aliphatic heterocycles. The highest BCUT2D eigenvalue weighted by Gasteiger charge is 2.18. The van der Waals surface area contributed by atoms with E-state index >= 15 is 0 Å². The van der Waals surface area contributed by atoms with E-state index in [1.165, 1.54) is 122 Å². The monoisotopic (exact) mass is 519 g/mol. The van der Waals surface area contributed by atoms with Gasteiger partial charge in [-0.15, -0.1) is 12.4 Å². The Morgan fingerprint density at radius 2 is 0.914 bits per heavy atom. The lowest BCUT2D eigenvalue weighted by molar-refractivity contribution is -0.0708. The Hall–Kier alpha value is 0.170. The van der Waals surface area contributed by atoms with Crippen LogP contribution < -0.4 is 0 Å². The molecule has 0 spiro atoms. The third kappa shape index (κ3) is 28.6. The predicted octanol–water partition coefficient (Wildman–Crippen LogP) is 9.99. The zero-order valence-electron chi connectivity index (χ0n) is 24.8. The van der Waals surface area contributed by atoms with Crippen molar-refractivity contribution in [1.29, 1.82) is 0 Å². The molecule has 0 amide bonds. The molecule has 1 unspecified atom stereocenters. The van der Waals surface area contributed by atoms with E-state index in [0.29, 0.717) is 0 Å². The highest BCUT2D eigenvalue weighted by molar-refractivity contribution is 5.85. The van der Waals surface area contributed by atoms with Crippen molar-refractivity contribution in [2.75, 3.05) is 33.9 Å². The summed E-state index contributed by atoms with van der Waals surface area (Å²) in [5.41, 5.74) is 0. The molecule has 0 aliphatic rings. The third-order valence-electron chi connectivity index (χ3n) is 7.08. The Morgan fingerprint density at radius 1 is 0.514 bits per heavy atom. The lowest BCUT2D eigenvalue weighted by Gasteiger charge is -2.25. The molecular formula is C31H66ClNO2. The summed E-state index contributed by atoms with van der Waals surface area (Å²) in [4.78, 5) is 2.23. The minimum Gasteiger partial charge on any atom is -0.376 e. The van der Waals surface area contributed by atoms with Crippen LogP contribution in [0.25, 0.3) is 0 Å². The van der Waals surface area contributed by atoms with Crippen LogP contribution in [-0.4, -0.2) is 51.0 Å². The molecule has 0 aromatic heterocycles. The first-order valence-corrected chi connectivity index (χ1v) is 15.5. The minimum atomic E-state index is 0. The SMILES string of the molecule is CCCCCCCCCCCCC[C@H](OCCCCCCCCCC)C(C)OCCCN(C)C.Cl. The maximum atomic E-state index is 6.38. The molecule has 2 atom stereocenters. The van der Waals surface area contributed by atoms with Gasteiger partial charge in [-0.25, -0.2) is 0 Å². The summed E-state index contributed by atoms with van der Waals surface area (Å²) < 4.78 is 12.6. The van der Waals surface area contributed by atoms with Crippen molar-refractivity contribution in [2.45, 2.75) is 168 Å². The van der Waals surface area contributed by atoms with Crippen LogP contribution in [0.3, 0.4) is 0 Å². The second kappa shape index (κ2) is 30.4. The summed E-state index contributed by atoms with van der Waals surface area (Å²) in [5, 5.41) is 0. The molecular weight excluding hydrogens is 454 g/mol.